The Hall–Kier alpha value is -4.47. The smallest absolute Gasteiger partial charge is 0.303 e. The number of urea groups is 1. The van der Waals surface area contributed by atoms with Crippen molar-refractivity contribution in [1.82, 2.24) is 20.0 Å². The average Bonchev–Trinajstić information content (AvgIpc) is 3.26. The molecule has 0 aliphatic carbocycles. The Bertz CT molecular complexity index is 1330. The summed E-state index contributed by atoms with van der Waals surface area (Å²) in [5, 5.41) is 16.4. The highest BCUT2D eigenvalue weighted by Crippen LogP contribution is 2.19. The van der Waals surface area contributed by atoms with E-state index in [1.165, 1.54) is 35.0 Å². The van der Waals surface area contributed by atoms with E-state index in [0.717, 1.165) is 16.0 Å². The lowest BCUT2D eigenvalue weighted by molar-refractivity contribution is -0.384. The molecule has 4 rings (SSSR count). The van der Waals surface area contributed by atoms with Gasteiger partial charge in [0.2, 0.25) is 0 Å². The molecule has 3 aromatic rings. The van der Waals surface area contributed by atoms with E-state index < -0.39 is 22.4 Å². The van der Waals surface area contributed by atoms with E-state index >= 15 is 0 Å². The van der Waals surface area contributed by atoms with Gasteiger partial charge in [-0.25, -0.2) is 9.48 Å². The summed E-state index contributed by atoms with van der Waals surface area (Å²) in [6.45, 7) is 3.90. The Morgan fingerprint density at radius 2 is 1.70 bits per heavy atom. The first kappa shape index (κ1) is 21.8. The summed E-state index contributed by atoms with van der Waals surface area (Å²) in [6.07, 6.45) is 1.83. The topological polar surface area (TPSA) is 130 Å². The molecule has 1 fully saturated rings. The molecular weight excluding hydrogens is 426 g/mol. The van der Waals surface area contributed by atoms with Gasteiger partial charge < -0.3 is 5.32 Å². The molecule has 0 spiro atoms. The van der Waals surface area contributed by atoms with Gasteiger partial charge in [-0.2, -0.15) is 0 Å². The number of H-pyrrole nitrogens is 1. The van der Waals surface area contributed by atoms with Gasteiger partial charge in [0.25, 0.3) is 17.2 Å². The number of hydrogen-bond donors (Lipinski definition) is 2. The van der Waals surface area contributed by atoms with Crippen LogP contribution in [-0.2, 0) is 17.8 Å². The molecule has 0 atom stereocenters. The van der Waals surface area contributed by atoms with Crippen LogP contribution < -0.4 is 10.9 Å². The molecule has 168 valence electrons. The number of imide groups is 1. The minimum absolute atomic E-state index is 0.00811. The van der Waals surface area contributed by atoms with Gasteiger partial charge in [-0.1, -0.05) is 36.8 Å². The van der Waals surface area contributed by atoms with Crippen molar-refractivity contribution in [2.75, 3.05) is 0 Å². The number of rotatable bonds is 6. The highest BCUT2D eigenvalue weighted by molar-refractivity contribution is 6.13. The van der Waals surface area contributed by atoms with E-state index in [4.69, 9.17) is 0 Å². The Morgan fingerprint density at radius 1 is 1.03 bits per heavy atom. The molecule has 33 heavy (non-hydrogen) atoms. The highest BCUT2D eigenvalue weighted by atomic mass is 16.6. The summed E-state index contributed by atoms with van der Waals surface area (Å²) < 4.78 is 1.25. The standard InChI is InChI=1S/C23H21N5O5/c1-3-19-18(21(29)27(25-19)16-8-10-17(11-9-16)28(32)33)12-20-22(30)26(23(31)24-20)13-15-6-4-14(2)5-7-15/h4-12,25H,3,13H2,1-2H3,(H,24,31)/b20-12-. The first-order valence-electron chi connectivity index (χ1n) is 10.3. The molecule has 10 nitrogen and oxygen atoms in total. The zero-order valence-electron chi connectivity index (χ0n) is 18.0. The molecule has 1 saturated heterocycles. The fourth-order valence-electron chi connectivity index (χ4n) is 3.55. The van der Waals surface area contributed by atoms with E-state index in [1.807, 2.05) is 38.1 Å². The number of non-ortho nitro benzene ring substituents is 1. The summed E-state index contributed by atoms with van der Waals surface area (Å²) >= 11 is 0. The summed E-state index contributed by atoms with van der Waals surface area (Å²) in [5.41, 5.74) is 2.56. The lowest BCUT2D eigenvalue weighted by Gasteiger charge is -2.11. The molecule has 2 aromatic carbocycles. The molecule has 1 aliphatic heterocycles. The van der Waals surface area contributed by atoms with E-state index in [9.17, 15) is 24.5 Å². The molecule has 1 aromatic heterocycles. The highest BCUT2D eigenvalue weighted by Gasteiger charge is 2.34. The van der Waals surface area contributed by atoms with Crippen molar-refractivity contribution < 1.29 is 14.5 Å². The summed E-state index contributed by atoms with van der Waals surface area (Å²) in [7, 11) is 0. The van der Waals surface area contributed by atoms with Crippen molar-refractivity contribution in [3.8, 4) is 5.69 Å². The van der Waals surface area contributed by atoms with Crippen LogP contribution in [0.4, 0.5) is 10.5 Å². The minimum Gasteiger partial charge on any atom is -0.303 e. The predicted octanol–water partition coefficient (Wildman–Crippen LogP) is 3.04. The number of nitrogens with one attached hydrogen (secondary N) is 2. The van der Waals surface area contributed by atoms with Crippen molar-refractivity contribution in [1.29, 1.82) is 0 Å². The van der Waals surface area contributed by atoms with Crippen LogP contribution in [0, 0.1) is 17.0 Å². The van der Waals surface area contributed by atoms with Crippen molar-refractivity contribution in [2.45, 2.75) is 26.8 Å². The average molecular weight is 447 g/mol. The van der Waals surface area contributed by atoms with Gasteiger partial charge in [0, 0.05) is 17.8 Å². The molecule has 2 N–H and O–H groups in total. The van der Waals surface area contributed by atoms with Gasteiger partial charge in [-0.05, 0) is 37.1 Å². The number of carbonyl (C=O) groups is 2. The van der Waals surface area contributed by atoms with Crippen LogP contribution in [-0.4, -0.2) is 31.5 Å². The summed E-state index contributed by atoms with van der Waals surface area (Å²) in [5.74, 6) is -0.523. The maximum atomic E-state index is 13.1. The van der Waals surface area contributed by atoms with Crippen LogP contribution in [0.25, 0.3) is 11.8 Å². The van der Waals surface area contributed by atoms with Crippen LogP contribution in [0.3, 0.4) is 0 Å². The van der Waals surface area contributed by atoms with Crippen molar-refractivity contribution in [3.63, 3.8) is 0 Å². The second kappa shape index (κ2) is 8.58. The number of benzene rings is 2. The fourth-order valence-corrected chi connectivity index (χ4v) is 3.55. The number of nitro groups is 1. The normalized spacial score (nSPS) is 14.7. The Morgan fingerprint density at radius 3 is 2.30 bits per heavy atom. The maximum absolute atomic E-state index is 13.1. The molecule has 0 unspecified atom stereocenters. The zero-order valence-corrected chi connectivity index (χ0v) is 18.0. The maximum Gasteiger partial charge on any atom is 0.329 e. The molecular formula is C23H21N5O5. The second-order valence-electron chi connectivity index (χ2n) is 7.64. The molecule has 0 radical (unpaired) electrons. The monoisotopic (exact) mass is 447 g/mol. The van der Waals surface area contributed by atoms with Crippen molar-refractivity contribution in [3.05, 3.63) is 97.1 Å². The number of aryl methyl sites for hydroxylation is 2. The van der Waals surface area contributed by atoms with E-state index in [2.05, 4.69) is 10.4 Å². The van der Waals surface area contributed by atoms with Gasteiger partial charge in [0.05, 0.1) is 22.7 Å². The van der Waals surface area contributed by atoms with Gasteiger partial charge >= 0.3 is 6.03 Å². The van der Waals surface area contributed by atoms with Crippen LogP contribution >= 0.6 is 0 Å². The molecule has 0 bridgehead atoms. The third-order valence-corrected chi connectivity index (χ3v) is 5.39. The number of hydrogen-bond acceptors (Lipinski definition) is 5. The van der Waals surface area contributed by atoms with Crippen molar-refractivity contribution in [2.24, 2.45) is 0 Å². The van der Waals surface area contributed by atoms with Crippen LogP contribution in [0.5, 0.6) is 0 Å². The quantitative estimate of drug-likeness (QED) is 0.260. The SMILES string of the molecule is CCc1[nH]n(-c2ccc([N+](=O)[O-])cc2)c(=O)c1/C=C1\NC(=O)N(Cc2ccc(C)cc2)C1=O. The number of aromatic amines is 1. The van der Waals surface area contributed by atoms with Gasteiger partial charge in [0.15, 0.2) is 0 Å². The Balaban J connectivity index is 1.65. The zero-order chi connectivity index (χ0) is 23.7. The lowest BCUT2D eigenvalue weighted by atomic mass is 10.1. The van der Waals surface area contributed by atoms with Gasteiger partial charge in [0.1, 0.15) is 5.70 Å². The third-order valence-electron chi connectivity index (χ3n) is 5.39. The number of aromatic nitrogens is 2. The second-order valence-corrected chi connectivity index (χ2v) is 7.64. The fraction of sp³-hybridized carbons (Fsp3) is 0.174. The van der Waals surface area contributed by atoms with E-state index in [-0.39, 0.29) is 23.5 Å². The van der Waals surface area contributed by atoms with E-state index in [1.54, 1.807) is 0 Å². The molecule has 1 aliphatic rings. The number of carbonyl (C=O) groups excluding carboxylic acids is 2. The Labute approximate surface area is 188 Å². The number of nitrogens with zero attached hydrogens (tertiary/aromatic N) is 3. The minimum atomic E-state index is -0.559. The van der Waals surface area contributed by atoms with Crippen LogP contribution in [0.2, 0.25) is 0 Å². The van der Waals surface area contributed by atoms with Gasteiger partial charge in [-0.3, -0.25) is 29.7 Å². The number of nitro benzene ring substituents is 1. The first-order chi connectivity index (χ1) is 15.8. The van der Waals surface area contributed by atoms with Crippen molar-refractivity contribution >= 4 is 23.7 Å². The number of amides is 3. The first-order valence-corrected chi connectivity index (χ1v) is 10.3. The molecule has 3 amide bonds. The van der Waals surface area contributed by atoms with Gasteiger partial charge in [-0.15, -0.1) is 0 Å². The summed E-state index contributed by atoms with van der Waals surface area (Å²) in [6, 6.07) is 12.5. The summed E-state index contributed by atoms with van der Waals surface area (Å²) in [4.78, 5) is 49.8. The molecule has 0 saturated carbocycles. The molecule has 10 heteroatoms. The Kier molecular flexibility index (Phi) is 5.65. The lowest BCUT2D eigenvalue weighted by Crippen LogP contribution is -2.30. The predicted molar refractivity (Wildman–Crippen MR) is 121 cm³/mol. The van der Waals surface area contributed by atoms with Crippen LogP contribution in [0.1, 0.15) is 29.3 Å². The molecule has 2 heterocycles. The largest absolute Gasteiger partial charge is 0.329 e. The van der Waals surface area contributed by atoms with Crippen LogP contribution in [0.15, 0.2) is 59.0 Å². The van der Waals surface area contributed by atoms with E-state index in [0.29, 0.717) is 17.8 Å². The third kappa shape index (κ3) is 4.18.